The Kier molecular flexibility index (Phi) is 3.55. The summed E-state index contributed by atoms with van der Waals surface area (Å²) in [5.41, 5.74) is 4.65. The van der Waals surface area contributed by atoms with E-state index < -0.39 is 7.12 Å². The zero-order valence-electron chi connectivity index (χ0n) is 12.8. The van der Waals surface area contributed by atoms with Crippen LogP contribution in [0.15, 0.2) is 18.2 Å². The summed E-state index contributed by atoms with van der Waals surface area (Å²) >= 11 is 0. The van der Waals surface area contributed by atoms with Gasteiger partial charge in [-0.1, -0.05) is 12.2 Å². The molecule has 2 heterocycles. The van der Waals surface area contributed by atoms with Crippen LogP contribution < -0.4 is 4.65 Å². The first-order chi connectivity index (χ1) is 10.8. The topological polar surface area (TPSA) is 51.6 Å². The number of pyridine rings is 1. The number of nitrogens with zero attached hydrogens (tertiary/aromatic N) is 1. The van der Waals surface area contributed by atoms with Crippen LogP contribution in [0.3, 0.4) is 0 Å². The Morgan fingerprint density at radius 1 is 1.32 bits per heavy atom. The maximum atomic E-state index is 10.0. The third-order valence-electron chi connectivity index (χ3n) is 5.07. The molecule has 1 aromatic rings. The van der Waals surface area contributed by atoms with E-state index in [-0.39, 0.29) is 0 Å². The maximum absolute atomic E-state index is 10.0. The molecule has 4 nitrogen and oxygen atoms in total. The van der Waals surface area contributed by atoms with Gasteiger partial charge in [-0.2, -0.15) is 0 Å². The van der Waals surface area contributed by atoms with E-state index in [1.807, 2.05) is 5.98 Å². The Balaban J connectivity index is 1.71. The fraction of sp³-hybridized carbons (Fsp3) is 0.471. The maximum Gasteiger partial charge on any atom is 0.552 e. The molecular formula is C17H20BNO3. The van der Waals surface area contributed by atoms with E-state index in [0.29, 0.717) is 17.8 Å². The third kappa shape index (κ3) is 2.29. The average Bonchev–Trinajstić information content (AvgIpc) is 3.02. The van der Waals surface area contributed by atoms with E-state index in [9.17, 15) is 5.02 Å². The highest BCUT2D eigenvalue weighted by Crippen LogP contribution is 2.44. The summed E-state index contributed by atoms with van der Waals surface area (Å²) in [6, 6.07) is 0. The molecule has 0 radical (unpaired) electrons. The molecule has 1 aliphatic heterocycles. The number of methoxy groups -OCH3 is 1. The van der Waals surface area contributed by atoms with Crippen LogP contribution in [0, 0.1) is 5.92 Å². The number of ether oxygens (including phenoxy) is 1. The van der Waals surface area contributed by atoms with E-state index in [1.54, 1.807) is 13.3 Å². The Labute approximate surface area is 131 Å². The molecule has 22 heavy (non-hydrogen) atoms. The molecule has 1 N–H and O–H groups in total. The van der Waals surface area contributed by atoms with Gasteiger partial charge in [-0.05, 0) is 43.1 Å². The molecule has 4 rings (SSSR count). The van der Waals surface area contributed by atoms with Crippen molar-refractivity contribution < 1.29 is 14.4 Å². The molecule has 0 unspecified atom stereocenters. The van der Waals surface area contributed by atoms with Crippen molar-refractivity contribution in [2.45, 2.75) is 38.2 Å². The minimum atomic E-state index is -0.868. The number of rotatable bonds is 2. The molecule has 0 spiro atoms. The molecular weight excluding hydrogens is 277 g/mol. The minimum Gasteiger partial charge on any atom is -0.531 e. The lowest BCUT2D eigenvalue weighted by Crippen LogP contribution is -2.28. The lowest BCUT2D eigenvalue weighted by atomic mass is 9.72. The zero-order valence-corrected chi connectivity index (χ0v) is 12.8. The van der Waals surface area contributed by atoms with Gasteiger partial charge in [0.05, 0.1) is 18.0 Å². The van der Waals surface area contributed by atoms with Gasteiger partial charge in [0.15, 0.2) is 0 Å². The van der Waals surface area contributed by atoms with Gasteiger partial charge >= 0.3 is 7.12 Å². The third-order valence-corrected chi connectivity index (χ3v) is 5.07. The Morgan fingerprint density at radius 2 is 2.14 bits per heavy atom. The van der Waals surface area contributed by atoms with Crippen LogP contribution in [-0.2, 0) is 11.2 Å². The SMILES string of the molecule is COC1CCC(C2=CB(O)Oc3cnc4c(c32)C=CC4)CC1. The summed E-state index contributed by atoms with van der Waals surface area (Å²) in [5, 5.41) is 10.0. The minimum absolute atomic E-state index is 0.379. The molecule has 1 fully saturated rings. The van der Waals surface area contributed by atoms with Crippen LogP contribution in [0.1, 0.15) is 42.5 Å². The molecule has 2 aliphatic carbocycles. The Morgan fingerprint density at radius 3 is 2.91 bits per heavy atom. The summed E-state index contributed by atoms with van der Waals surface area (Å²) in [7, 11) is 0.925. The largest absolute Gasteiger partial charge is 0.552 e. The number of hydrogen-bond donors (Lipinski definition) is 1. The van der Waals surface area contributed by atoms with Gasteiger partial charge in [0.25, 0.3) is 0 Å². The van der Waals surface area contributed by atoms with Crippen molar-refractivity contribution in [3.8, 4) is 5.75 Å². The lowest BCUT2D eigenvalue weighted by Gasteiger charge is -2.33. The summed E-state index contributed by atoms with van der Waals surface area (Å²) in [4.78, 5) is 4.47. The summed E-state index contributed by atoms with van der Waals surface area (Å²) in [5.74, 6) is 3.06. The standard InChI is InChI=1S/C17H20BNO3/c1-21-12-7-5-11(6-8-12)14-9-18(20)22-16-10-19-15-4-2-3-13(15)17(14)16/h2-3,9-12,20H,4-8H2,1H3. The van der Waals surface area contributed by atoms with Crippen molar-refractivity contribution in [3.05, 3.63) is 35.1 Å². The number of allylic oxidation sites excluding steroid dienone is 2. The highest BCUT2D eigenvalue weighted by Gasteiger charge is 2.33. The summed E-state index contributed by atoms with van der Waals surface area (Å²) in [6.45, 7) is 0. The summed E-state index contributed by atoms with van der Waals surface area (Å²) in [6.07, 6.45) is 11.6. The van der Waals surface area contributed by atoms with Crippen LogP contribution in [0.25, 0.3) is 11.6 Å². The van der Waals surface area contributed by atoms with Crippen LogP contribution in [0.2, 0.25) is 0 Å². The van der Waals surface area contributed by atoms with Crippen LogP contribution in [0.4, 0.5) is 0 Å². The van der Waals surface area contributed by atoms with Crippen LogP contribution in [-0.4, -0.2) is 30.3 Å². The number of hydrogen-bond acceptors (Lipinski definition) is 4. The average molecular weight is 297 g/mol. The van der Waals surface area contributed by atoms with Crippen molar-refractivity contribution >= 4 is 18.8 Å². The van der Waals surface area contributed by atoms with Crippen molar-refractivity contribution in [2.75, 3.05) is 7.11 Å². The first-order valence-electron chi connectivity index (χ1n) is 8.04. The normalized spacial score (nSPS) is 26.3. The van der Waals surface area contributed by atoms with Gasteiger partial charge in [0, 0.05) is 24.7 Å². The Bertz CT molecular complexity index is 648. The number of fused-ring (bicyclic) bond motifs is 3. The fourth-order valence-electron chi connectivity index (χ4n) is 3.92. The molecule has 0 atom stereocenters. The molecule has 1 aromatic heterocycles. The molecule has 5 heteroatoms. The summed E-state index contributed by atoms with van der Waals surface area (Å²) < 4.78 is 11.1. The second-order valence-electron chi connectivity index (χ2n) is 6.30. The van der Waals surface area contributed by atoms with Crippen molar-refractivity contribution in [3.63, 3.8) is 0 Å². The predicted octanol–water partition coefficient (Wildman–Crippen LogP) is 2.65. The van der Waals surface area contributed by atoms with Crippen molar-refractivity contribution in [1.82, 2.24) is 4.98 Å². The Hall–Kier alpha value is -1.59. The second-order valence-corrected chi connectivity index (χ2v) is 6.30. The van der Waals surface area contributed by atoms with Crippen molar-refractivity contribution in [1.29, 1.82) is 0 Å². The van der Waals surface area contributed by atoms with Crippen molar-refractivity contribution in [2.24, 2.45) is 5.92 Å². The van der Waals surface area contributed by atoms with Crippen LogP contribution >= 0.6 is 0 Å². The molecule has 3 aliphatic rings. The molecule has 0 saturated heterocycles. The quantitative estimate of drug-likeness (QED) is 0.853. The van der Waals surface area contributed by atoms with Crippen LogP contribution in [0.5, 0.6) is 5.75 Å². The van der Waals surface area contributed by atoms with Gasteiger partial charge in [0.1, 0.15) is 5.75 Å². The van der Waals surface area contributed by atoms with Gasteiger partial charge in [-0.15, -0.1) is 0 Å². The van der Waals surface area contributed by atoms with E-state index in [1.165, 1.54) is 11.1 Å². The molecule has 1 saturated carbocycles. The van der Waals surface area contributed by atoms with E-state index in [2.05, 4.69) is 17.1 Å². The zero-order chi connectivity index (χ0) is 15.1. The highest BCUT2D eigenvalue weighted by molar-refractivity contribution is 6.52. The number of aromatic nitrogens is 1. The smallest absolute Gasteiger partial charge is 0.531 e. The second kappa shape index (κ2) is 5.56. The molecule has 114 valence electrons. The first kappa shape index (κ1) is 14.0. The molecule has 0 bridgehead atoms. The van der Waals surface area contributed by atoms with Gasteiger partial charge in [-0.25, -0.2) is 0 Å². The molecule has 0 aromatic carbocycles. The van der Waals surface area contributed by atoms with E-state index in [4.69, 9.17) is 9.39 Å². The van der Waals surface area contributed by atoms with Gasteiger partial charge < -0.3 is 14.4 Å². The van der Waals surface area contributed by atoms with E-state index in [0.717, 1.165) is 43.4 Å². The van der Waals surface area contributed by atoms with Gasteiger partial charge in [0.2, 0.25) is 0 Å². The first-order valence-corrected chi connectivity index (χ1v) is 8.04. The fourth-order valence-corrected chi connectivity index (χ4v) is 3.92. The monoisotopic (exact) mass is 297 g/mol. The lowest BCUT2D eigenvalue weighted by molar-refractivity contribution is 0.0637. The molecule has 0 amide bonds. The highest BCUT2D eigenvalue weighted by atomic mass is 16.5. The van der Waals surface area contributed by atoms with Gasteiger partial charge in [-0.3, -0.25) is 4.98 Å². The predicted molar refractivity (Wildman–Crippen MR) is 86.3 cm³/mol. The van der Waals surface area contributed by atoms with E-state index >= 15 is 0 Å².